The number of carbonyl (C=O) groups is 2. The van der Waals surface area contributed by atoms with Crippen LogP contribution in [0.4, 0.5) is 0 Å². The molecule has 1 aromatic rings. The number of rotatable bonds is 6. The van der Waals surface area contributed by atoms with E-state index in [4.69, 9.17) is 5.11 Å². The maximum absolute atomic E-state index is 11.5. The van der Waals surface area contributed by atoms with Crippen molar-refractivity contribution in [2.75, 3.05) is 13.1 Å². The number of aliphatic carboxylic acids is 1. The maximum atomic E-state index is 11.5. The minimum atomic E-state index is -0.915. The van der Waals surface area contributed by atoms with E-state index in [0.29, 0.717) is 18.5 Å². The van der Waals surface area contributed by atoms with Crippen molar-refractivity contribution in [3.8, 4) is 0 Å². The van der Waals surface area contributed by atoms with E-state index in [1.54, 1.807) is 24.3 Å². The second-order valence-corrected chi connectivity index (χ2v) is 3.11. The molecule has 0 aliphatic heterocycles. The Morgan fingerprint density at radius 3 is 2.38 bits per heavy atom. The number of hydrogen-bond acceptors (Lipinski definition) is 3. The van der Waals surface area contributed by atoms with Crippen LogP contribution in [0, 0.1) is 0 Å². The minimum absolute atomic E-state index is 0. The van der Waals surface area contributed by atoms with E-state index in [0.717, 1.165) is 0 Å². The Hall–Kier alpha value is -1.39. The molecule has 1 aromatic carbocycles. The zero-order chi connectivity index (χ0) is 11.1. The molecule has 5 heteroatoms. The average molecular weight is 244 g/mol. The number of halogens is 1. The highest BCUT2D eigenvalue weighted by Crippen LogP contribution is 2.01. The molecule has 0 radical (unpaired) electrons. The van der Waals surface area contributed by atoms with Gasteiger partial charge in [0, 0.05) is 18.5 Å². The van der Waals surface area contributed by atoms with Crippen LogP contribution in [0.5, 0.6) is 0 Å². The summed E-state index contributed by atoms with van der Waals surface area (Å²) < 4.78 is 0. The van der Waals surface area contributed by atoms with Crippen LogP contribution in [0.2, 0.25) is 0 Å². The molecule has 0 spiro atoms. The number of carbonyl (C=O) groups excluding carboxylic acids is 1. The third kappa shape index (κ3) is 5.48. The number of nitrogens with one attached hydrogen (secondary N) is 1. The molecule has 0 aliphatic rings. The van der Waals surface area contributed by atoms with Gasteiger partial charge in [-0.05, 0) is 0 Å². The fourth-order valence-corrected chi connectivity index (χ4v) is 1.17. The lowest BCUT2D eigenvalue weighted by atomic mass is 10.1. The molecule has 0 heterocycles. The van der Waals surface area contributed by atoms with Crippen molar-refractivity contribution >= 4 is 24.2 Å². The van der Waals surface area contributed by atoms with Gasteiger partial charge in [-0.2, -0.15) is 0 Å². The summed E-state index contributed by atoms with van der Waals surface area (Å²) in [7, 11) is 0. The van der Waals surface area contributed by atoms with E-state index in [2.05, 4.69) is 5.32 Å². The molecule has 0 atom stereocenters. The van der Waals surface area contributed by atoms with Gasteiger partial charge in [0.15, 0.2) is 5.78 Å². The number of Topliss-reactive ketones (excluding diaryl/α,β-unsaturated/α-hetero) is 1. The zero-order valence-electron chi connectivity index (χ0n) is 8.68. The van der Waals surface area contributed by atoms with Gasteiger partial charge < -0.3 is 10.4 Å². The molecule has 88 valence electrons. The summed E-state index contributed by atoms with van der Waals surface area (Å²) in [5.74, 6) is -0.893. The Bertz CT molecular complexity index is 340. The molecule has 0 unspecified atom stereocenters. The summed E-state index contributed by atoms with van der Waals surface area (Å²) in [4.78, 5) is 21.7. The Kier molecular flexibility index (Phi) is 7.16. The molecule has 0 bridgehead atoms. The average Bonchev–Trinajstić information content (AvgIpc) is 2.25. The highest BCUT2D eigenvalue weighted by molar-refractivity contribution is 5.96. The first-order valence-corrected chi connectivity index (χ1v) is 4.71. The molecule has 4 nitrogen and oxygen atoms in total. The van der Waals surface area contributed by atoms with Gasteiger partial charge in [-0.15, -0.1) is 12.4 Å². The van der Waals surface area contributed by atoms with E-state index >= 15 is 0 Å². The lowest BCUT2D eigenvalue weighted by molar-refractivity contribution is -0.135. The van der Waals surface area contributed by atoms with Crippen LogP contribution in [0.3, 0.4) is 0 Å². The second kappa shape index (κ2) is 7.84. The normalized spacial score (nSPS) is 9.25. The number of benzene rings is 1. The Labute approximate surface area is 100 Å². The fraction of sp³-hybridized carbons (Fsp3) is 0.273. The molecule has 0 saturated heterocycles. The van der Waals surface area contributed by atoms with Crippen molar-refractivity contribution in [3.63, 3.8) is 0 Å². The Morgan fingerprint density at radius 1 is 1.19 bits per heavy atom. The van der Waals surface area contributed by atoms with E-state index < -0.39 is 5.97 Å². The molecule has 0 amide bonds. The topological polar surface area (TPSA) is 66.4 Å². The first-order valence-electron chi connectivity index (χ1n) is 4.71. The van der Waals surface area contributed by atoms with Crippen LogP contribution in [-0.2, 0) is 4.79 Å². The number of carboxylic acids is 1. The Balaban J connectivity index is 0.00000225. The summed E-state index contributed by atoms with van der Waals surface area (Å²) in [6, 6.07) is 8.95. The van der Waals surface area contributed by atoms with E-state index in [9.17, 15) is 9.59 Å². The molecule has 1 rings (SSSR count). The van der Waals surface area contributed by atoms with Crippen LogP contribution in [0.1, 0.15) is 16.8 Å². The van der Waals surface area contributed by atoms with Crippen LogP contribution in [-0.4, -0.2) is 29.9 Å². The van der Waals surface area contributed by atoms with E-state index in [1.165, 1.54) is 0 Å². The van der Waals surface area contributed by atoms with Crippen molar-refractivity contribution in [3.05, 3.63) is 35.9 Å². The molecule has 16 heavy (non-hydrogen) atoms. The van der Waals surface area contributed by atoms with Gasteiger partial charge in [0.1, 0.15) is 0 Å². The molecule has 0 aliphatic carbocycles. The molecular weight excluding hydrogens is 230 g/mol. The minimum Gasteiger partial charge on any atom is -0.480 e. The lowest BCUT2D eigenvalue weighted by Gasteiger charge is -2.01. The van der Waals surface area contributed by atoms with Gasteiger partial charge in [-0.1, -0.05) is 30.3 Å². The van der Waals surface area contributed by atoms with Crippen molar-refractivity contribution in [2.45, 2.75) is 6.42 Å². The third-order valence-electron chi connectivity index (χ3n) is 1.90. The van der Waals surface area contributed by atoms with Gasteiger partial charge in [-0.3, -0.25) is 9.59 Å². The fourth-order valence-electron chi connectivity index (χ4n) is 1.17. The predicted octanol–water partition coefficient (Wildman–Crippen LogP) is 1.36. The third-order valence-corrected chi connectivity index (χ3v) is 1.90. The summed E-state index contributed by atoms with van der Waals surface area (Å²) in [5, 5.41) is 11.0. The predicted molar refractivity (Wildman–Crippen MR) is 63.1 cm³/mol. The van der Waals surface area contributed by atoms with Crippen molar-refractivity contribution < 1.29 is 14.7 Å². The van der Waals surface area contributed by atoms with Crippen molar-refractivity contribution in [1.29, 1.82) is 0 Å². The number of ketones is 1. The first-order chi connectivity index (χ1) is 7.20. The van der Waals surface area contributed by atoms with Gasteiger partial charge in [-0.25, -0.2) is 0 Å². The number of hydrogen-bond donors (Lipinski definition) is 2. The zero-order valence-corrected chi connectivity index (χ0v) is 9.50. The van der Waals surface area contributed by atoms with Crippen molar-refractivity contribution in [1.82, 2.24) is 5.32 Å². The summed E-state index contributed by atoms with van der Waals surface area (Å²) in [5.41, 5.74) is 0.662. The van der Waals surface area contributed by atoms with Gasteiger partial charge >= 0.3 is 5.97 Å². The molecule has 0 fully saturated rings. The smallest absolute Gasteiger partial charge is 0.317 e. The summed E-state index contributed by atoms with van der Waals surface area (Å²) in [6.07, 6.45) is 0.317. The van der Waals surface area contributed by atoms with E-state index in [1.807, 2.05) is 6.07 Å². The largest absolute Gasteiger partial charge is 0.480 e. The lowest BCUT2D eigenvalue weighted by Crippen LogP contribution is -2.25. The summed E-state index contributed by atoms with van der Waals surface area (Å²) >= 11 is 0. The van der Waals surface area contributed by atoms with Crippen LogP contribution < -0.4 is 5.32 Å². The standard InChI is InChI=1S/C11H13NO3.ClH/c13-10(6-7-12-8-11(14)15)9-4-2-1-3-5-9;/h1-5,12H,6-8H2,(H,14,15);1H. The molecule has 0 aromatic heterocycles. The molecule has 0 saturated carbocycles. The van der Waals surface area contributed by atoms with Crippen LogP contribution in [0.15, 0.2) is 30.3 Å². The van der Waals surface area contributed by atoms with Crippen LogP contribution >= 0.6 is 12.4 Å². The van der Waals surface area contributed by atoms with Crippen molar-refractivity contribution in [2.24, 2.45) is 0 Å². The van der Waals surface area contributed by atoms with Crippen LogP contribution in [0.25, 0.3) is 0 Å². The van der Waals surface area contributed by atoms with Gasteiger partial charge in [0.25, 0.3) is 0 Å². The molecular formula is C11H14ClNO3. The quantitative estimate of drug-likeness (QED) is 0.585. The maximum Gasteiger partial charge on any atom is 0.317 e. The number of carboxylic acid groups (broad SMARTS) is 1. The monoisotopic (exact) mass is 243 g/mol. The first kappa shape index (κ1) is 14.6. The highest BCUT2D eigenvalue weighted by Gasteiger charge is 2.04. The van der Waals surface area contributed by atoms with Gasteiger partial charge in [0.05, 0.1) is 6.54 Å². The van der Waals surface area contributed by atoms with Gasteiger partial charge in [0.2, 0.25) is 0 Å². The Morgan fingerprint density at radius 2 is 1.81 bits per heavy atom. The van der Waals surface area contributed by atoms with E-state index in [-0.39, 0.29) is 24.7 Å². The second-order valence-electron chi connectivity index (χ2n) is 3.11. The summed E-state index contributed by atoms with van der Waals surface area (Å²) in [6.45, 7) is 0.280. The molecule has 2 N–H and O–H groups in total. The SMILES string of the molecule is Cl.O=C(O)CNCCC(=O)c1ccccc1. The highest BCUT2D eigenvalue weighted by atomic mass is 35.5.